The first kappa shape index (κ1) is 12.5. The molecule has 1 fully saturated rings. The van der Waals surface area contributed by atoms with Crippen LogP contribution >= 0.6 is 0 Å². The van der Waals surface area contributed by atoms with Gasteiger partial charge in [0, 0.05) is 5.92 Å². The monoisotopic (exact) mass is 253 g/mol. The Morgan fingerprint density at radius 3 is 2.22 bits per heavy atom. The van der Waals surface area contributed by atoms with Crippen molar-refractivity contribution in [3.8, 4) is 17.2 Å². The van der Waals surface area contributed by atoms with E-state index >= 15 is 0 Å². The Labute approximate surface area is 104 Å². The average Bonchev–Trinajstić information content (AvgIpc) is 3.03. The van der Waals surface area contributed by atoms with E-state index in [4.69, 9.17) is 20.3 Å². The number of hydrogen-bond donors (Lipinski definition) is 3. The summed E-state index contributed by atoms with van der Waals surface area (Å²) in [7, 11) is 2.83. The van der Waals surface area contributed by atoms with E-state index in [0.29, 0.717) is 12.0 Å². The van der Waals surface area contributed by atoms with E-state index in [9.17, 15) is 9.90 Å². The molecule has 98 valence electrons. The first-order chi connectivity index (χ1) is 8.43. The fourth-order valence-corrected chi connectivity index (χ4v) is 2.05. The molecule has 1 aliphatic carbocycles. The van der Waals surface area contributed by atoms with Gasteiger partial charge in [-0.1, -0.05) is 0 Å². The molecular formula is C12H15NO5. The van der Waals surface area contributed by atoms with Crippen molar-refractivity contribution in [1.82, 2.24) is 0 Å². The maximum Gasteiger partial charge on any atom is 0.324 e. The number of phenols is 1. The van der Waals surface area contributed by atoms with Gasteiger partial charge in [0.05, 0.1) is 14.2 Å². The minimum Gasteiger partial charge on any atom is -0.502 e. The highest BCUT2D eigenvalue weighted by molar-refractivity contribution is 5.85. The van der Waals surface area contributed by atoms with E-state index < -0.39 is 11.5 Å². The van der Waals surface area contributed by atoms with Crippen molar-refractivity contribution in [1.29, 1.82) is 0 Å². The lowest BCUT2D eigenvalue weighted by Crippen LogP contribution is -2.34. The van der Waals surface area contributed by atoms with Crippen LogP contribution in [0.25, 0.3) is 0 Å². The number of carbonyl (C=O) groups is 1. The Hall–Kier alpha value is -1.95. The van der Waals surface area contributed by atoms with Gasteiger partial charge in [0.1, 0.15) is 5.54 Å². The Morgan fingerprint density at radius 2 is 1.89 bits per heavy atom. The van der Waals surface area contributed by atoms with Crippen LogP contribution in [-0.2, 0) is 4.79 Å². The molecule has 0 aliphatic heterocycles. The van der Waals surface area contributed by atoms with Crippen molar-refractivity contribution >= 4 is 5.97 Å². The van der Waals surface area contributed by atoms with Crippen LogP contribution in [0.1, 0.15) is 17.9 Å². The van der Waals surface area contributed by atoms with Gasteiger partial charge in [0.2, 0.25) is 5.75 Å². The maximum absolute atomic E-state index is 11.0. The second kappa shape index (κ2) is 4.06. The molecule has 0 aromatic heterocycles. The van der Waals surface area contributed by atoms with Gasteiger partial charge in [-0.15, -0.1) is 0 Å². The molecule has 0 heterocycles. The molecule has 1 aromatic rings. The van der Waals surface area contributed by atoms with Crippen LogP contribution in [0.5, 0.6) is 17.2 Å². The quantitative estimate of drug-likeness (QED) is 0.729. The van der Waals surface area contributed by atoms with Crippen molar-refractivity contribution in [3.05, 3.63) is 17.7 Å². The molecule has 0 bridgehead atoms. The summed E-state index contributed by atoms with van der Waals surface area (Å²) in [5.41, 5.74) is 5.20. The van der Waals surface area contributed by atoms with Crippen LogP contribution in [0.15, 0.2) is 12.1 Å². The molecule has 0 saturated heterocycles. The summed E-state index contributed by atoms with van der Waals surface area (Å²) in [6.45, 7) is 0. The van der Waals surface area contributed by atoms with Gasteiger partial charge >= 0.3 is 5.97 Å². The molecule has 2 atom stereocenters. The molecule has 6 heteroatoms. The van der Waals surface area contributed by atoms with Gasteiger partial charge in [0.15, 0.2) is 11.5 Å². The number of aliphatic carboxylic acids is 1. The summed E-state index contributed by atoms with van der Waals surface area (Å²) in [4.78, 5) is 11.0. The second-order valence-electron chi connectivity index (χ2n) is 4.38. The first-order valence-corrected chi connectivity index (χ1v) is 5.41. The van der Waals surface area contributed by atoms with Gasteiger partial charge in [-0.25, -0.2) is 0 Å². The Morgan fingerprint density at radius 1 is 1.39 bits per heavy atom. The number of methoxy groups -OCH3 is 2. The summed E-state index contributed by atoms with van der Waals surface area (Å²) >= 11 is 0. The lowest BCUT2D eigenvalue weighted by molar-refractivity contribution is -0.139. The number of carboxylic acids is 1. The number of ether oxygens (including phenoxy) is 2. The van der Waals surface area contributed by atoms with Gasteiger partial charge in [-0.2, -0.15) is 0 Å². The van der Waals surface area contributed by atoms with Crippen molar-refractivity contribution < 1.29 is 24.5 Å². The molecule has 1 aromatic carbocycles. The number of aromatic hydroxyl groups is 1. The van der Waals surface area contributed by atoms with Gasteiger partial charge < -0.3 is 25.4 Å². The van der Waals surface area contributed by atoms with Gasteiger partial charge in [-0.05, 0) is 24.1 Å². The van der Waals surface area contributed by atoms with Crippen LogP contribution in [0.3, 0.4) is 0 Å². The molecule has 0 amide bonds. The molecule has 0 spiro atoms. The van der Waals surface area contributed by atoms with E-state index in [-0.39, 0.29) is 23.2 Å². The van der Waals surface area contributed by atoms with Crippen LogP contribution < -0.4 is 15.2 Å². The third kappa shape index (κ3) is 1.74. The number of nitrogens with two attached hydrogens (primary N) is 1. The van der Waals surface area contributed by atoms with E-state index in [1.165, 1.54) is 14.2 Å². The van der Waals surface area contributed by atoms with Gasteiger partial charge in [-0.3, -0.25) is 4.79 Å². The van der Waals surface area contributed by atoms with Crippen LogP contribution in [0, 0.1) is 0 Å². The van der Waals surface area contributed by atoms with Gasteiger partial charge in [0.25, 0.3) is 0 Å². The Kier molecular flexibility index (Phi) is 2.82. The number of phenolic OH excluding ortho intramolecular Hbond substituents is 1. The van der Waals surface area contributed by atoms with Crippen molar-refractivity contribution in [2.24, 2.45) is 5.73 Å². The summed E-state index contributed by atoms with van der Waals surface area (Å²) in [5, 5.41) is 18.8. The average molecular weight is 253 g/mol. The zero-order chi connectivity index (χ0) is 13.5. The van der Waals surface area contributed by atoms with E-state index in [0.717, 1.165) is 0 Å². The predicted octanol–water partition coefficient (Wildman–Crippen LogP) is 0.679. The molecular weight excluding hydrogens is 238 g/mol. The first-order valence-electron chi connectivity index (χ1n) is 5.41. The lowest BCUT2D eigenvalue weighted by Gasteiger charge is -2.12. The fourth-order valence-electron chi connectivity index (χ4n) is 2.05. The largest absolute Gasteiger partial charge is 0.502 e. The molecule has 1 aliphatic rings. The molecule has 2 rings (SSSR count). The molecule has 18 heavy (non-hydrogen) atoms. The number of benzene rings is 1. The minimum atomic E-state index is -1.23. The van der Waals surface area contributed by atoms with E-state index in [1.807, 2.05) is 0 Å². The molecule has 0 unspecified atom stereocenters. The second-order valence-corrected chi connectivity index (χ2v) is 4.38. The predicted molar refractivity (Wildman–Crippen MR) is 63.1 cm³/mol. The van der Waals surface area contributed by atoms with Crippen LogP contribution in [0.2, 0.25) is 0 Å². The van der Waals surface area contributed by atoms with Crippen molar-refractivity contribution in [2.45, 2.75) is 17.9 Å². The topological polar surface area (TPSA) is 102 Å². The maximum atomic E-state index is 11.0. The standard InChI is InChI=1S/C12H15NO5/c1-17-8-3-6(4-9(18-2)10(8)14)7-5-12(7,13)11(15)16/h3-4,7,14H,5,13H2,1-2H3,(H,15,16)/t7-,12-/m1/s1. The van der Waals surface area contributed by atoms with E-state index in [2.05, 4.69) is 0 Å². The number of rotatable bonds is 4. The summed E-state index contributed by atoms with van der Waals surface area (Å²) < 4.78 is 10.0. The third-order valence-corrected chi connectivity index (χ3v) is 3.31. The number of carboxylic acid groups (broad SMARTS) is 1. The fraction of sp³-hybridized carbons (Fsp3) is 0.417. The van der Waals surface area contributed by atoms with Crippen molar-refractivity contribution in [2.75, 3.05) is 14.2 Å². The zero-order valence-corrected chi connectivity index (χ0v) is 10.1. The number of hydrogen-bond acceptors (Lipinski definition) is 5. The summed E-state index contributed by atoms with van der Waals surface area (Å²) in [6, 6.07) is 3.17. The van der Waals surface area contributed by atoms with E-state index in [1.54, 1.807) is 12.1 Å². The zero-order valence-electron chi connectivity index (χ0n) is 10.1. The third-order valence-electron chi connectivity index (χ3n) is 3.31. The lowest BCUT2D eigenvalue weighted by atomic mass is 10.1. The highest BCUT2D eigenvalue weighted by Crippen LogP contribution is 2.52. The summed E-state index contributed by atoms with van der Waals surface area (Å²) in [6.07, 6.45) is 0.361. The molecule has 4 N–H and O–H groups in total. The minimum absolute atomic E-state index is 0.109. The SMILES string of the molecule is COc1cc([C@H]2C[C@]2(N)C(=O)O)cc(OC)c1O. The van der Waals surface area contributed by atoms with Crippen LogP contribution in [-0.4, -0.2) is 35.9 Å². The van der Waals surface area contributed by atoms with Crippen LogP contribution in [0.4, 0.5) is 0 Å². The molecule has 0 radical (unpaired) electrons. The Balaban J connectivity index is 2.39. The molecule has 6 nitrogen and oxygen atoms in total. The highest BCUT2D eigenvalue weighted by atomic mass is 16.5. The smallest absolute Gasteiger partial charge is 0.324 e. The van der Waals surface area contributed by atoms with Crippen molar-refractivity contribution in [3.63, 3.8) is 0 Å². The highest BCUT2D eigenvalue weighted by Gasteiger charge is 2.58. The summed E-state index contributed by atoms with van der Waals surface area (Å²) in [5.74, 6) is -0.952. The normalized spacial score (nSPS) is 25.6. The molecule has 1 saturated carbocycles. The Bertz CT molecular complexity index is 476.